The zero-order chi connectivity index (χ0) is 11.7. The standard InChI is InChI=1S/C8H2Cl6O/c9-1-2-3(8(14)15)5(11)7(13)6(12)4(2)10/h1H2. The number of hydrogen-bond donors (Lipinski definition) is 0. The second-order valence-corrected chi connectivity index (χ2v) is 4.64. The first-order valence-corrected chi connectivity index (χ1v) is 5.94. The van der Waals surface area contributed by atoms with Crippen molar-refractivity contribution in [3.63, 3.8) is 0 Å². The van der Waals surface area contributed by atoms with E-state index in [2.05, 4.69) is 0 Å². The maximum absolute atomic E-state index is 11.1. The molecule has 0 aliphatic rings. The largest absolute Gasteiger partial charge is 0.276 e. The van der Waals surface area contributed by atoms with Gasteiger partial charge in [0.15, 0.2) is 0 Å². The topological polar surface area (TPSA) is 17.1 Å². The average molecular weight is 327 g/mol. The Labute approximate surface area is 116 Å². The monoisotopic (exact) mass is 324 g/mol. The van der Waals surface area contributed by atoms with Crippen LogP contribution in [-0.4, -0.2) is 5.24 Å². The third-order valence-electron chi connectivity index (χ3n) is 1.69. The molecule has 7 heteroatoms. The smallest absolute Gasteiger partial charge is 0.254 e. The van der Waals surface area contributed by atoms with Gasteiger partial charge in [0.1, 0.15) is 0 Å². The van der Waals surface area contributed by atoms with Crippen LogP contribution >= 0.6 is 69.6 Å². The molecule has 0 unspecified atom stereocenters. The zero-order valence-corrected chi connectivity index (χ0v) is 11.4. The van der Waals surface area contributed by atoms with Gasteiger partial charge in [0.05, 0.1) is 25.7 Å². The third kappa shape index (κ3) is 2.49. The van der Waals surface area contributed by atoms with E-state index in [1.54, 1.807) is 0 Å². The Morgan fingerprint density at radius 2 is 1.40 bits per heavy atom. The molecule has 0 aliphatic heterocycles. The lowest BCUT2D eigenvalue weighted by Gasteiger charge is -2.11. The number of halogens is 6. The van der Waals surface area contributed by atoms with Crippen molar-refractivity contribution in [2.75, 3.05) is 0 Å². The molecule has 1 rings (SSSR count). The zero-order valence-electron chi connectivity index (χ0n) is 6.88. The predicted molar refractivity (Wildman–Crippen MR) is 66.2 cm³/mol. The molecule has 0 amide bonds. The highest BCUT2D eigenvalue weighted by Crippen LogP contribution is 2.42. The van der Waals surface area contributed by atoms with Crippen molar-refractivity contribution in [2.45, 2.75) is 5.88 Å². The van der Waals surface area contributed by atoms with Crippen molar-refractivity contribution < 1.29 is 4.79 Å². The highest BCUT2D eigenvalue weighted by atomic mass is 35.5. The van der Waals surface area contributed by atoms with Gasteiger partial charge in [-0.3, -0.25) is 4.79 Å². The summed E-state index contributed by atoms with van der Waals surface area (Å²) in [5.41, 5.74) is 0.269. The highest BCUT2D eigenvalue weighted by Gasteiger charge is 2.23. The van der Waals surface area contributed by atoms with Crippen LogP contribution in [0, 0.1) is 0 Å². The van der Waals surface area contributed by atoms with E-state index in [0.29, 0.717) is 0 Å². The van der Waals surface area contributed by atoms with Crippen molar-refractivity contribution in [3.05, 3.63) is 31.2 Å². The van der Waals surface area contributed by atoms with Gasteiger partial charge in [-0.25, -0.2) is 0 Å². The van der Waals surface area contributed by atoms with E-state index in [4.69, 9.17) is 69.6 Å². The molecule has 0 radical (unpaired) electrons. The minimum atomic E-state index is -0.781. The molecule has 0 fully saturated rings. The van der Waals surface area contributed by atoms with Crippen LogP contribution in [0.4, 0.5) is 0 Å². The van der Waals surface area contributed by atoms with Gasteiger partial charge in [0, 0.05) is 11.4 Å². The third-order valence-corrected chi connectivity index (χ3v) is 3.99. The summed E-state index contributed by atoms with van der Waals surface area (Å²) < 4.78 is 0. The predicted octanol–water partition coefficient (Wildman–Crippen LogP) is 5.42. The molecular weight excluding hydrogens is 325 g/mol. The van der Waals surface area contributed by atoms with Crippen LogP contribution in [0.15, 0.2) is 0 Å². The minimum Gasteiger partial charge on any atom is -0.276 e. The summed E-state index contributed by atoms with van der Waals surface area (Å²) in [7, 11) is 0. The Hall–Kier alpha value is 0.630. The average Bonchev–Trinajstić information content (AvgIpc) is 2.19. The Morgan fingerprint density at radius 1 is 0.933 bits per heavy atom. The van der Waals surface area contributed by atoms with Crippen LogP contribution in [0.2, 0.25) is 20.1 Å². The number of hydrogen-bond acceptors (Lipinski definition) is 1. The summed E-state index contributed by atoms with van der Waals surface area (Å²) >= 11 is 34.2. The molecule has 0 atom stereocenters. The van der Waals surface area contributed by atoms with Crippen molar-refractivity contribution >= 4 is 74.8 Å². The summed E-state index contributed by atoms with van der Waals surface area (Å²) in [6.45, 7) is 0. The normalized spacial score (nSPS) is 10.5. The van der Waals surface area contributed by atoms with Gasteiger partial charge in [0.25, 0.3) is 5.24 Å². The van der Waals surface area contributed by atoms with Gasteiger partial charge < -0.3 is 0 Å². The van der Waals surface area contributed by atoms with Gasteiger partial charge in [-0.15, -0.1) is 11.6 Å². The van der Waals surface area contributed by atoms with Gasteiger partial charge in [-0.1, -0.05) is 46.4 Å². The molecular formula is C8H2Cl6O. The number of rotatable bonds is 2. The van der Waals surface area contributed by atoms with Crippen LogP contribution in [-0.2, 0) is 5.88 Å². The molecule has 1 nitrogen and oxygen atoms in total. The van der Waals surface area contributed by atoms with Crippen molar-refractivity contribution in [1.29, 1.82) is 0 Å². The van der Waals surface area contributed by atoms with Crippen LogP contribution in [0.3, 0.4) is 0 Å². The second-order valence-electron chi connectivity index (χ2n) is 2.52. The molecule has 0 heterocycles. The number of benzene rings is 1. The maximum atomic E-state index is 11.1. The number of alkyl halides is 1. The second kappa shape index (κ2) is 5.31. The lowest BCUT2D eigenvalue weighted by atomic mass is 10.1. The molecule has 0 aliphatic carbocycles. The number of carbonyl (C=O) groups is 1. The fraction of sp³-hybridized carbons (Fsp3) is 0.125. The summed E-state index contributed by atoms with van der Waals surface area (Å²) in [6.07, 6.45) is 0. The SMILES string of the molecule is O=C(Cl)c1c(Cl)c(Cl)c(Cl)c(Cl)c1CCl. The highest BCUT2D eigenvalue weighted by molar-refractivity contribution is 6.69. The fourth-order valence-corrected chi connectivity index (χ4v) is 2.64. The van der Waals surface area contributed by atoms with Crippen LogP contribution in [0.5, 0.6) is 0 Å². The van der Waals surface area contributed by atoms with Gasteiger partial charge in [0.2, 0.25) is 0 Å². The lowest BCUT2D eigenvalue weighted by Crippen LogP contribution is -2.00. The Kier molecular flexibility index (Phi) is 4.85. The quantitative estimate of drug-likeness (QED) is 0.307. The first-order chi connectivity index (χ1) is 6.91. The molecule has 0 bridgehead atoms. The Bertz CT molecular complexity index is 428. The molecule has 1 aromatic rings. The molecule has 1 aromatic carbocycles. The van der Waals surface area contributed by atoms with E-state index >= 15 is 0 Å². The summed E-state index contributed by atoms with van der Waals surface area (Å²) in [4.78, 5) is 11.1. The Morgan fingerprint density at radius 3 is 1.80 bits per heavy atom. The maximum Gasteiger partial charge on any atom is 0.254 e. The van der Waals surface area contributed by atoms with Crippen molar-refractivity contribution in [3.8, 4) is 0 Å². The van der Waals surface area contributed by atoms with Gasteiger partial charge in [-0.05, 0) is 11.6 Å². The first-order valence-electron chi connectivity index (χ1n) is 3.52. The van der Waals surface area contributed by atoms with E-state index in [-0.39, 0.29) is 37.1 Å². The van der Waals surface area contributed by atoms with E-state index in [1.807, 2.05) is 0 Å². The molecule has 82 valence electrons. The molecule has 0 aromatic heterocycles. The summed E-state index contributed by atoms with van der Waals surface area (Å²) in [6, 6.07) is 0. The molecule has 15 heavy (non-hydrogen) atoms. The van der Waals surface area contributed by atoms with Gasteiger partial charge >= 0.3 is 0 Å². The summed E-state index contributed by atoms with van der Waals surface area (Å²) in [5, 5.41) is -0.690. The summed E-state index contributed by atoms with van der Waals surface area (Å²) in [5.74, 6) is -0.0385. The molecule has 0 spiro atoms. The lowest BCUT2D eigenvalue weighted by molar-refractivity contribution is 0.108. The van der Waals surface area contributed by atoms with E-state index in [0.717, 1.165) is 0 Å². The van der Waals surface area contributed by atoms with Crippen molar-refractivity contribution in [2.24, 2.45) is 0 Å². The van der Waals surface area contributed by atoms with E-state index in [1.165, 1.54) is 0 Å². The van der Waals surface area contributed by atoms with Gasteiger partial charge in [-0.2, -0.15) is 0 Å². The van der Waals surface area contributed by atoms with Crippen LogP contribution in [0.25, 0.3) is 0 Å². The van der Waals surface area contributed by atoms with Crippen molar-refractivity contribution in [1.82, 2.24) is 0 Å². The van der Waals surface area contributed by atoms with Crippen LogP contribution in [0.1, 0.15) is 15.9 Å². The fourth-order valence-electron chi connectivity index (χ4n) is 1.01. The molecule has 0 saturated carbocycles. The first kappa shape index (κ1) is 13.7. The van der Waals surface area contributed by atoms with Crippen LogP contribution < -0.4 is 0 Å². The number of carbonyl (C=O) groups excluding carboxylic acids is 1. The Balaban J connectivity index is 3.70. The molecule has 0 saturated heterocycles. The van der Waals surface area contributed by atoms with E-state index < -0.39 is 5.24 Å². The van der Waals surface area contributed by atoms with E-state index in [9.17, 15) is 4.79 Å². The molecule has 0 N–H and O–H groups in total. The minimum absolute atomic E-state index is 0.00673.